The van der Waals surface area contributed by atoms with Crippen molar-refractivity contribution in [2.45, 2.75) is 25.9 Å². The highest BCUT2D eigenvalue weighted by Crippen LogP contribution is 2.22. The van der Waals surface area contributed by atoms with E-state index in [1.807, 2.05) is 26.4 Å². The highest BCUT2D eigenvalue weighted by Gasteiger charge is 2.32. The van der Waals surface area contributed by atoms with Gasteiger partial charge in [0.2, 0.25) is 5.91 Å². The van der Waals surface area contributed by atoms with Crippen LogP contribution in [0.15, 0.2) is 12.4 Å². The van der Waals surface area contributed by atoms with Crippen LogP contribution in [0.2, 0.25) is 0 Å². The van der Waals surface area contributed by atoms with Crippen LogP contribution >= 0.6 is 0 Å². The molecule has 2 unspecified atom stereocenters. The number of carbonyl (C=O) groups excluding carboxylic acids is 1. The molecule has 19 heavy (non-hydrogen) atoms. The minimum Gasteiger partial charge on any atom is -0.355 e. The molecule has 0 aliphatic carbocycles. The number of nitrogens with zero attached hydrogens (tertiary/aromatic N) is 3. The topological polar surface area (TPSA) is 62.2 Å². The highest BCUT2D eigenvalue weighted by atomic mass is 16.2. The number of aromatic nitrogens is 2. The van der Waals surface area contributed by atoms with Gasteiger partial charge in [-0.05, 0) is 13.8 Å². The van der Waals surface area contributed by atoms with E-state index in [0.29, 0.717) is 13.1 Å². The van der Waals surface area contributed by atoms with Crippen LogP contribution in [-0.4, -0.2) is 52.8 Å². The van der Waals surface area contributed by atoms with E-state index in [4.69, 9.17) is 0 Å². The predicted molar refractivity (Wildman–Crippen MR) is 73.7 cm³/mol. The lowest BCUT2D eigenvalue weighted by molar-refractivity contribution is -0.128. The van der Waals surface area contributed by atoms with Gasteiger partial charge in [0.25, 0.3) is 0 Å². The number of amides is 1. The molecule has 1 saturated heterocycles. The third kappa shape index (κ3) is 3.13. The third-order valence-corrected chi connectivity index (χ3v) is 3.64. The summed E-state index contributed by atoms with van der Waals surface area (Å²) in [6, 6.07) is 0.0901. The Morgan fingerprint density at radius 3 is 3.11 bits per heavy atom. The van der Waals surface area contributed by atoms with Gasteiger partial charge in [-0.25, -0.2) is 0 Å². The number of nitrogens with one attached hydrogen (secondary N) is 2. The molecule has 0 bridgehead atoms. The fourth-order valence-corrected chi connectivity index (χ4v) is 2.57. The van der Waals surface area contributed by atoms with E-state index >= 15 is 0 Å². The number of likely N-dealkylation sites (N-methyl/N-ethyl adjacent to an activating group) is 1. The van der Waals surface area contributed by atoms with Gasteiger partial charge < -0.3 is 10.6 Å². The van der Waals surface area contributed by atoms with Gasteiger partial charge in [-0.2, -0.15) is 5.10 Å². The SMILES string of the molecule is CCNC(=O)C1CNCCN1C(C)c1cnn(C)c1. The maximum atomic E-state index is 12.1. The number of aryl methyl sites for hydroxylation is 1. The van der Waals surface area contributed by atoms with E-state index < -0.39 is 0 Å². The molecule has 1 aromatic heterocycles. The van der Waals surface area contributed by atoms with Crippen LogP contribution in [0.3, 0.4) is 0 Å². The van der Waals surface area contributed by atoms with Crippen molar-refractivity contribution in [3.05, 3.63) is 18.0 Å². The molecule has 2 heterocycles. The summed E-state index contributed by atoms with van der Waals surface area (Å²) < 4.78 is 1.80. The highest BCUT2D eigenvalue weighted by molar-refractivity contribution is 5.82. The molecule has 6 nitrogen and oxygen atoms in total. The molecule has 0 aromatic carbocycles. The van der Waals surface area contributed by atoms with Crippen LogP contribution in [0.25, 0.3) is 0 Å². The molecule has 2 N–H and O–H groups in total. The van der Waals surface area contributed by atoms with E-state index in [9.17, 15) is 4.79 Å². The van der Waals surface area contributed by atoms with Crippen molar-refractivity contribution in [1.29, 1.82) is 0 Å². The van der Waals surface area contributed by atoms with Crippen molar-refractivity contribution in [2.75, 3.05) is 26.2 Å². The summed E-state index contributed by atoms with van der Waals surface area (Å²) in [5.74, 6) is 0.102. The first-order valence-electron chi connectivity index (χ1n) is 6.86. The van der Waals surface area contributed by atoms with Crippen molar-refractivity contribution in [3.63, 3.8) is 0 Å². The predicted octanol–water partition coefficient (Wildman–Crippen LogP) is -0.109. The molecule has 1 aliphatic rings. The standard InChI is InChI=1S/C13H23N5O/c1-4-15-13(19)12-8-14-5-6-18(12)10(2)11-7-16-17(3)9-11/h7,9-10,12,14H,4-6,8H2,1-3H3,(H,15,19). The third-order valence-electron chi connectivity index (χ3n) is 3.64. The summed E-state index contributed by atoms with van der Waals surface area (Å²) in [4.78, 5) is 14.4. The molecular weight excluding hydrogens is 242 g/mol. The second-order valence-electron chi connectivity index (χ2n) is 4.98. The summed E-state index contributed by atoms with van der Waals surface area (Å²) in [6.07, 6.45) is 3.89. The number of carbonyl (C=O) groups is 1. The van der Waals surface area contributed by atoms with Crippen LogP contribution in [-0.2, 0) is 11.8 Å². The molecule has 0 saturated carbocycles. The maximum absolute atomic E-state index is 12.1. The lowest BCUT2D eigenvalue weighted by atomic mass is 10.1. The van der Waals surface area contributed by atoms with Crippen LogP contribution in [0.4, 0.5) is 0 Å². The fourth-order valence-electron chi connectivity index (χ4n) is 2.57. The molecule has 1 aromatic rings. The Bertz CT molecular complexity index is 430. The lowest BCUT2D eigenvalue weighted by Crippen LogP contribution is -2.58. The largest absolute Gasteiger partial charge is 0.355 e. The lowest BCUT2D eigenvalue weighted by Gasteiger charge is -2.38. The van der Waals surface area contributed by atoms with Crippen molar-refractivity contribution in [2.24, 2.45) is 7.05 Å². The van der Waals surface area contributed by atoms with Crippen LogP contribution in [0.5, 0.6) is 0 Å². The Hall–Kier alpha value is -1.40. The zero-order valence-electron chi connectivity index (χ0n) is 11.9. The van der Waals surface area contributed by atoms with Gasteiger partial charge in [0.05, 0.1) is 6.20 Å². The number of piperazine rings is 1. The van der Waals surface area contributed by atoms with Gasteiger partial charge in [-0.15, -0.1) is 0 Å². The zero-order valence-corrected chi connectivity index (χ0v) is 11.9. The van der Waals surface area contributed by atoms with E-state index in [2.05, 4.69) is 27.6 Å². The Balaban J connectivity index is 2.12. The van der Waals surface area contributed by atoms with E-state index in [0.717, 1.165) is 18.7 Å². The van der Waals surface area contributed by atoms with Crippen LogP contribution in [0, 0.1) is 0 Å². The van der Waals surface area contributed by atoms with E-state index in [-0.39, 0.29) is 18.0 Å². The molecule has 0 radical (unpaired) electrons. The quantitative estimate of drug-likeness (QED) is 0.797. The minimum atomic E-state index is -0.107. The minimum absolute atomic E-state index is 0.102. The smallest absolute Gasteiger partial charge is 0.238 e. The molecule has 2 rings (SSSR count). The van der Waals surface area contributed by atoms with Crippen molar-refractivity contribution >= 4 is 5.91 Å². The Kier molecular flexibility index (Phi) is 4.55. The normalized spacial score (nSPS) is 22.2. The van der Waals surface area contributed by atoms with Gasteiger partial charge in [-0.1, -0.05) is 0 Å². The molecular formula is C13H23N5O. The summed E-state index contributed by atoms with van der Waals surface area (Å²) >= 11 is 0. The summed E-state index contributed by atoms with van der Waals surface area (Å²) in [5.41, 5.74) is 1.15. The van der Waals surface area contributed by atoms with Gasteiger partial charge in [0.15, 0.2) is 0 Å². The van der Waals surface area contributed by atoms with Gasteiger partial charge in [-0.3, -0.25) is 14.4 Å². The average molecular weight is 265 g/mol. The number of rotatable bonds is 4. The molecule has 1 fully saturated rings. The summed E-state index contributed by atoms with van der Waals surface area (Å²) in [7, 11) is 1.91. The Morgan fingerprint density at radius 2 is 2.47 bits per heavy atom. The molecule has 2 atom stereocenters. The molecule has 1 amide bonds. The van der Waals surface area contributed by atoms with Gasteiger partial charge >= 0.3 is 0 Å². The zero-order chi connectivity index (χ0) is 13.8. The monoisotopic (exact) mass is 265 g/mol. The molecule has 0 spiro atoms. The Labute approximate surface area is 114 Å². The average Bonchev–Trinajstić information content (AvgIpc) is 2.85. The second kappa shape index (κ2) is 6.16. The molecule has 106 valence electrons. The molecule has 6 heteroatoms. The number of hydrogen-bond donors (Lipinski definition) is 2. The first-order chi connectivity index (χ1) is 9.13. The first kappa shape index (κ1) is 14.0. The fraction of sp³-hybridized carbons (Fsp3) is 0.692. The van der Waals surface area contributed by atoms with Gasteiger partial charge in [0.1, 0.15) is 6.04 Å². The van der Waals surface area contributed by atoms with Crippen molar-refractivity contribution < 1.29 is 4.79 Å². The van der Waals surface area contributed by atoms with Crippen molar-refractivity contribution in [1.82, 2.24) is 25.3 Å². The van der Waals surface area contributed by atoms with Crippen LogP contribution < -0.4 is 10.6 Å². The maximum Gasteiger partial charge on any atom is 0.238 e. The molecule has 1 aliphatic heterocycles. The van der Waals surface area contributed by atoms with Gasteiger partial charge in [0, 0.05) is 51.0 Å². The van der Waals surface area contributed by atoms with Crippen molar-refractivity contribution in [3.8, 4) is 0 Å². The summed E-state index contributed by atoms with van der Waals surface area (Å²) in [6.45, 7) is 7.25. The van der Waals surface area contributed by atoms with E-state index in [1.165, 1.54) is 0 Å². The summed E-state index contributed by atoms with van der Waals surface area (Å²) in [5, 5.41) is 10.4. The van der Waals surface area contributed by atoms with E-state index in [1.54, 1.807) is 4.68 Å². The second-order valence-corrected chi connectivity index (χ2v) is 4.98. The number of hydrogen-bond acceptors (Lipinski definition) is 4. The first-order valence-corrected chi connectivity index (χ1v) is 6.86. The Morgan fingerprint density at radius 1 is 1.68 bits per heavy atom. The van der Waals surface area contributed by atoms with Crippen LogP contribution in [0.1, 0.15) is 25.5 Å².